The Kier molecular flexibility index (Phi) is 6.26. The van der Waals surface area contributed by atoms with E-state index >= 15 is 0 Å². The molecule has 1 heterocycles. The number of nitrogens with one attached hydrogen (secondary N) is 1. The average Bonchev–Trinajstić information content (AvgIpc) is 2.48. The van der Waals surface area contributed by atoms with E-state index in [1.54, 1.807) is 18.0 Å². The quantitative estimate of drug-likeness (QED) is 0.771. The van der Waals surface area contributed by atoms with Crippen molar-refractivity contribution in [2.75, 3.05) is 11.1 Å². The smallest absolute Gasteiger partial charge is 0.225 e. The van der Waals surface area contributed by atoms with Crippen molar-refractivity contribution >= 4 is 39.3 Å². The van der Waals surface area contributed by atoms with E-state index in [2.05, 4.69) is 26.2 Å². The molecule has 0 spiro atoms. The zero-order chi connectivity index (χ0) is 15.1. The Labute approximate surface area is 137 Å². The number of nitrogens with zero attached hydrogens (tertiary/aromatic N) is 1. The van der Waals surface area contributed by atoms with Gasteiger partial charge in [-0.3, -0.25) is 9.78 Å². The first-order valence-corrected chi connectivity index (χ1v) is 8.63. The molecule has 0 atom stereocenters. The molecule has 0 saturated carbocycles. The van der Waals surface area contributed by atoms with Crippen LogP contribution in [0, 0.1) is 6.92 Å². The number of carbonyl (C=O) groups excluding carboxylic acids is 1. The highest BCUT2D eigenvalue weighted by atomic mass is 79.9. The Bertz CT molecular complexity index is 604. The Morgan fingerprint density at radius 3 is 2.90 bits per heavy atom. The fraction of sp³-hybridized carbons (Fsp3) is 0.250. The lowest BCUT2D eigenvalue weighted by atomic mass is 10.2. The molecule has 0 aliphatic carbocycles. The van der Waals surface area contributed by atoms with Crippen LogP contribution in [0.1, 0.15) is 17.7 Å². The maximum Gasteiger partial charge on any atom is 0.225 e. The first-order chi connectivity index (χ1) is 10.1. The van der Waals surface area contributed by atoms with Gasteiger partial charge >= 0.3 is 0 Å². The number of carbonyl (C=O) groups is 1. The molecule has 1 N–H and O–H groups in total. The summed E-state index contributed by atoms with van der Waals surface area (Å²) in [6, 6.07) is 11.7. The summed E-state index contributed by atoms with van der Waals surface area (Å²) in [5.74, 6) is 1.68. The molecule has 0 fully saturated rings. The van der Waals surface area contributed by atoms with Crippen LogP contribution in [0.2, 0.25) is 0 Å². The maximum atomic E-state index is 11.9. The molecule has 0 aliphatic heterocycles. The van der Waals surface area contributed by atoms with Gasteiger partial charge in [0, 0.05) is 34.3 Å². The van der Waals surface area contributed by atoms with Gasteiger partial charge in [0.25, 0.3) is 0 Å². The Balaban J connectivity index is 1.72. The van der Waals surface area contributed by atoms with Crippen LogP contribution in [0.3, 0.4) is 0 Å². The second-order valence-electron chi connectivity index (χ2n) is 4.63. The highest BCUT2D eigenvalue weighted by Crippen LogP contribution is 2.20. The van der Waals surface area contributed by atoms with E-state index in [-0.39, 0.29) is 5.91 Å². The van der Waals surface area contributed by atoms with Gasteiger partial charge in [0.15, 0.2) is 0 Å². The van der Waals surface area contributed by atoms with E-state index in [1.807, 2.05) is 43.3 Å². The first-order valence-electron chi connectivity index (χ1n) is 6.69. The number of hydrogen-bond donors (Lipinski definition) is 1. The number of hydrogen-bond acceptors (Lipinski definition) is 3. The first kappa shape index (κ1) is 16.0. The second kappa shape index (κ2) is 8.20. The molecule has 0 unspecified atom stereocenters. The highest BCUT2D eigenvalue weighted by Gasteiger charge is 2.05. The van der Waals surface area contributed by atoms with Gasteiger partial charge in [-0.1, -0.05) is 22.0 Å². The zero-order valence-electron chi connectivity index (χ0n) is 11.8. The van der Waals surface area contributed by atoms with E-state index in [1.165, 1.54) is 0 Å². The van der Waals surface area contributed by atoms with Crippen LogP contribution >= 0.6 is 27.7 Å². The standard InChI is InChI=1S/C16H17BrN2OS/c1-12-10-13(17)5-6-15(12)19-16(20)7-9-21-11-14-4-2-3-8-18-14/h2-6,8,10H,7,9,11H2,1H3,(H,19,20). The van der Waals surface area contributed by atoms with Crippen LogP contribution in [0.15, 0.2) is 47.1 Å². The van der Waals surface area contributed by atoms with Crippen LogP contribution in [-0.4, -0.2) is 16.6 Å². The third-order valence-corrected chi connectivity index (χ3v) is 4.40. The number of benzene rings is 1. The number of pyridine rings is 1. The predicted octanol–water partition coefficient (Wildman–Crippen LogP) is 4.41. The largest absolute Gasteiger partial charge is 0.326 e. The van der Waals surface area contributed by atoms with Crippen LogP contribution < -0.4 is 5.32 Å². The molecule has 1 aromatic heterocycles. The summed E-state index contributed by atoms with van der Waals surface area (Å²) in [5.41, 5.74) is 2.98. The Morgan fingerprint density at radius 1 is 1.33 bits per heavy atom. The molecule has 2 aromatic rings. The lowest BCUT2D eigenvalue weighted by Gasteiger charge is -2.08. The third kappa shape index (κ3) is 5.52. The number of aryl methyl sites for hydroxylation is 1. The topological polar surface area (TPSA) is 42.0 Å². The summed E-state index contributed by atoms with van der Waals surface area (Å²) in [7, 11) is 0. The molecule has 0 aliphatic rings. The number of rotatable bonds is 6. The van der Waals surface area contributed by atoms with Gasteiger partial charge in [-0.2, -0.15) is 11.8 Å². The number of thioether (sulfide) groups is 1. The van der Waals surface area contributed by atoms with E-state index in [4.69, 9.17) is 0 Å². The molecule has 2 rings (SSSR count). The summed E-state index contributed by atoms with van der Waals surface area (Å²) in [4.78, 5) is 16.2. The summed E-state index contributed by atoms with van der Waals surface area (Å²) < 4.78 is 1.02. The SMILES string of the molecule is Cc1cc(Br)ccc1NC(=O)CCSCc1ccccn1. The zero-order valence-corrected chi connectivity index (χ0v) is 14.2. The van der Waals surface area contributed by atoms with E-state index in [0.29, 0.717) is 6.42 Å². The van der Waals surface area contributed by atoms with Crippen LogP contribution in [-0.2, 0) is 10.5 Å². The van der Waals surface area contributed by atoms with Crippen molar-refractivity contribution in [2.45, 2.75) is 19.1 Å². The van der Waals surface area contributed by atoms with Gasteiger partial charge in [0.05, 0.1) is 5.69 Å². The van der Waals surface area contributed by atoms with Crippen molar-refractivity contribution in [3.8, 4) is 0 Å². The fourth-order valence-corrected chi connectivity index (χ4v) is 3.13. The van der Waals surface area contributed by atoms with Gasteiger partial charge in [-0.05, 0) is 42.8 Å². The molecule has 1 amide bonds. The molecule has 0 saturated heterocycles. The van der Waals surface area contributed by atoms with Crippen molar-refractivity contribution in [1.29, 1.82) is 0 Å². The minimum absolute atomic E-state index is 0.0499. The minimum atomic E-state index is 0.0499. The molecular weight excluding hydrogens is 348 g/mol. The van der Waals surface area contributed by atoms with E-state index in [0.717, 1.165) is 32.9 Å². The predicted molar refractivity (Wildman–Crippen MR) is 92.5 cm³/mol. The molecule has 1 aromatic carbocycles. The normalized spacial score (nSPS) is 10.4. The molecule has 0 bridgehead atoms. The van der Waals surface area contributed by atoms with Gasteiger partial charge in [-0.15, -0.1) is 0 Å². The Hall–Kier alpha value is -1.33. The van der Waals surface area contributed by atoms with Crippen molar-refractivity contribution < 1.29 is 4.79 Å². The van der Waals surface area contributed by atoms with Crippen LogP contribution in [0.25, 0.3) is 0 Å². The van der Waals surface area contributed by atoms with Crippen molar-refractivity contribution in [3.63, 3.8) is 0 Å². The van der Waals surface area contributed by atoms with Gasteiger partial charge < -0.3 is 5.32 Å². The van der Waals surface area contributed by atoms with E-state index < -0.39 is 0 Å². The second-order valence-corrected chi connectivity index (χ2v) is 6.65. The van der Waals surface area contributed by atoms with Crippen molar-refractivity contribution in [2.24, 2.45) is 0 Å². The molecule has 0 radical (unpaired) electrons. The van der Waals surface area contributed by atoms with Crippen molar-refractivity contribution in [1.82, 2.24) is 4.98 Å². The molecule has 110 valence electrons. The van der Waals surface area contributed by atoms with Crippen LogP contribution in [0.5, 0.6) is 0 Å². The van der Waals surface area contributed by atoms with Gasteiger partial charge in [0.1, 0.15) is 0 Å². The number of aromatic nitrogens is 1. The number of amides is 1. The van der Waals surface area contributed by atoms with Crippen LogP contribution in [0.4, 0.5) is 5.69 Å². The lowest BCUT2D eigenvalue weighted by Crippen LogP contribution is -2.13. The maximum absolute atomic E-state index is 11.9. The fourth-order valence-electron chi connectivity index (χ4n) is 1.81. The highest BCUT2D eigenvalue weighted by molar-refractivity contribution is 9.10. The lowest BCUT2D eigenvalue weighted by molar-refractivity contribution is -0.115. The van der Waals surface area contributed by atoms with Gasteiger partial charge in [0.2, 0.25) is 5.91 Å². The van der Waals surface area contributed by atoms with Crippen molar-refractivity contribution in [3.05, 3.63) is 58.3 Å². The monoisotopic (exact) mass is 364 g/mol. The van der Waals surface area contributed by atoms with Gasteiger partial charge in [-0.25, -0.2) is 0 Å². The third-order valence-electron chi connectivity index (χ3n) is 2.91. The Morgan fingerprint density at radius 2 is 2.19 bits per heavy atom. The summed E-state index contributed by atoms with van der Waals surface area (Å²) in [5, 5.41) is 2.95. The molecule has 21 heavy (non-hydrogen) atoms. The summed E-state index contributed by atoms with van der Waals surface area (Å²) in [6.07, 6.45) is 2.30. The molecule has 3 nitrogen and oxygen atoms in total. The summed E-state index contributed by atoms with van der Waals surface area (Å²) in [6.45, 7) is 1.98. The minimum Gasteiger partial charge on any atom is -0.326 e. The average molecular weight is 365 g/mol. The molecular formula is C16H17BrN2OS. The number of halogens is 1. The number of anilines is 1. The van der Waals surface area contributed by atoms with E-state index in [9.17, 15) is 4.79 Å². The summed E-state index contributed by atoms with van der Waals surface area (Å²) >= 11 is 5.14. The molecule has 5 heteroatoms.